The molecule has 2 aliphatic rings. The van der Waals surface area contributed by atoms with Crippen LogP contribution in [0.5, 0.6) is 11.5 Å². The SMILES string of the molecule is COCCOc1cc(C(=O)N[C@@H]2CCCN(C(C)C)C2)nc2c(OC3CCCCCCC3)cccc12. The minimum Gasteiger partial charge on any atom is -0.490 e. The molecule has 0 radical (unpaired) electrons. The van der Waals surface area contributed by atoms with Gasteiger partial charge < -0.3 is 19.5 Å². The Morgan fingerprint density at radius 3 is 2.58 bits per heavy atom. The lowest BCUT2D eigenvalue weighted by Crippen LogP contribution is -2.49. The molecule has 4 rings (SSSR count). The molecule has 0 spiro atoms. The van der Waals surface area contributed by atoms with Crippen LogP contribution < -0.4 is 14.8 Å². The third-order valence-corrected chi connectivity index (χ3v) is 7.41. The number of nitrogens with one attached hydrogen (secondary N) is 1. The Labute approximate surface area is 215 Å². The van der Waals surface area contributed by atoms with Crippen LogP contribution >= 0.6 is 0 Å². The standard InChI is InChI=1S/C29H43N3O4/c1-21(2)32-16-10-11-22(20-32)30-29(33)25-19-27(35-18-17-34-3)24-14-9-15-26(28(24)31-25)36-23-12-7-5-4-6-8-13-23/h9,14-15,19,21-23H,4-8,10-13,16-18,20H2,1-3H3,(H,30,33)/t22-/m1/s1. The van der Waals surface area contributed by atoms with E-state index in [0.717, 1.165) is 49.9 Å². The summed E-state index contributed by atoms with van der Waals surface area (Å²) in [7, 11) is 1.65. The Hall–Kier alpha value is -2.38. The first-order chi connectivity index (χ1) is 17.5. The molecule has 7 nitrogen and oxygen atoms in total. The van der Waals surface area contributed by atoms with Gasteiger partial charge in [0.05, 0.1) is 12.7 Å². The number of fused-ring (bicyclic) bond motifs is 1. The largest absolute Gasteiger partial charge is 0.490 e. The van der Waals surface area contributed by atoms with E-state index >= 15 is 0 Å². The average molecular weight is 498 g/mol. The van der Waals surface area contributed by atoms with E-state index in [2.05, 4.69) is 24.1 Å². The third kappa shape index (κ3) is 7.10. The number of para-hydroxylation sites is 1. The van der Waals surface area contributed by atoms with Crippen LogP contribution in [0.1, 0.15) is 82.1 Å². The molecule has 1 saturated heterocycles. The second kappa shape index (κ2) is 13.2. The fraction of sp³-hybridized carbons (Fsp3) is 0.655. The molecule has 0 bridgehead atoms. The highest BCUT2D eigenvalue weighted by Crippen LogP contribution is 2.34. The number of likely N-dealkylation sites (tertiary alicyclic amines) is 1. The molecule has 1 saturated carbocycles. The summed E-state index contributed by atoms with van der Waals surface area (Å²) in [5.74, 6) is 1.20. The minimum atomic E-state index is -0.162. The van der Waals surface area contributed by atoms with Gasteiger partial charge in [-0.15, -0.1) is 0 Å². The fourth-order valence-corrected chi connectivity index (χ4v) is 5.33. The van der Waals surface area contributed by atoms with E-state index in [1.165, 1.54) is 32.1 Å². The number of rotatable bonds is 9. The number of carbonyl (C=O) groups excluding carboxylic acids is 1. The van der Waals surface area contributed by atoms with E-state index in [1.807, 2.05) is 18.2 Å². The van der Waals surface area contributed by atoms with Gasteiger partial charge in [0.25, 0.3) is 5.91 Å². The van der Waals surface area contributed by atoms with Crippen LogP contribution in [0.2, 0.25) is 0 Å². The van der Waals surface area contributed by atoms with Crippen molar-refractivity contribution in [2.45, 2.75) is 89.8 Å². The average Bonchev–Trinajstić information content (AvgIpc) is 2.86. The molecule has 1 aromatic heterocycles. The maximum atomic E-state index is 13.4. The summed E-state index contributed by atoms with van der Waals surface area (Å²) >= 11 is 0. The Bertz CT molecular complexity index is 988. The van der Waals surface area contributed by atoms with Gasteiger partial charge in [-0.2, -0.15) is 0 Å². The number of aromatic nitrogens is 1. The van der Waals surface area contributed by atoms with Crippen molar-refractivity contribution in [3.63, 3.8) is 0 Å². The second-order valence-corrected chi connectivity index (χ2v) is 10.5. The van der Waals surface area contributed by atoms with Gasteiger partial charge in [-0.05, 0) is 71.0 Å². The number of piperidine rings is 1. The lowest BCUT2D eigenvalue weighted by atomic mass is 9.98. The van der Waals surface area contributed by atoms with E-state index in [-0.39, 0.29) is 18.1 Å². The van der Waals surface area contributed by atoms with Gasteiger partial charge in [-0.1, -0.05) is 25.3 Å². The predicted octanol–water partition coefficient (Wildman–Crippen LogP) is 5.35. The van der Waals surface area contributed by atoms with Crippen LogP contribution in [-0.4, -0.2) is 67.4 Å². The number of nitrogens with zero attached hydrogens (tertiary/aromatic N) is 2. The summed E-state index contributed by atoms with van der Waals surface area (Å²) in [6.45, 7) is 7.22. The Balaban J connectivity index is 1.60. The highest BCUT2D eigenvalue weighted by atomic mass is 16.5. The topological polar surface area (TPSA) is 72.9 Å². The number of carbonyl (C=O) groups is 1. The Morgan fingerprint density at radius 1 is 1.06 bits per heavy atom. The van der Waals surface area contributed by atoms with E-state index in [1.54, 1.807) is 13.2 Å². The molecule has 0 unspecified atom stereocenters. The van der Waals surface area contributed by atoms with E-state index < -0.39 is 0 Å². The molecular weight excluding hydrogens is 454 g/mol. The molecule has 1 atom stereocenters. The first kappa shape index (κ1) is 26.7. The second-order valence-electron chi connectivity index (χ2n) is 10.5. The van der Waals surface area contributed by atoms with Crippen molar-refractivity contribution in [1.29, 1.82) is 0 Å². The summed E-state index contributed by atoms with van der Waals surface area (Å²) < 4.78 is 17.8. The maximum absolute atomic E-state index is 13.4. The zero-order valence-electron chi connectivity index (χ0n) is 22.3. The van der Waals surface area contributed by atoms with Crippen LogP contribution in [0.3, 0.4) is 0 Å². The zero-order valence-corrected chi connectivity index (χ0v) is 22.3. The molecule has 1 aromatic carbocycles. The van der Waals surface area contributed by atoms with Gasteiger partial charge >= 0.3 is 0 Å². The first-order valence-corrected chi connectivity index (χ1v) is 13.8. The quantitative estimate of drug-likeness (QED) is 0.471. The number of amides is 1. The van der Waals surface area contributed by atoms with Crippen LogP contribution in [0.15, 0.2) is 24.3 Å². The lowest BCUT2D eigenvalue weighted by molar-refractivity contribution is 0.0881. The van der Waals surface area contributed by atoms with E-state index in [0.29, 0.717) is 36.2 Å². The monoisotopic (exact) mass is 497 g/mol. The van der Waals surface area contributed by atoms with Gasteiger partial charge in [0.1, 0.15) is 29.3 Å². The maximum Gasteiger partial charge on any atom is 0.270 e. The van der Waals surface area contributed by atoms with Crippen molar-refractivity contribution >= 4 is 16.8 Å². The fourth-order valence-electron chi connectivity index (χ4n) is 5.33. The van der Waals surface area contributed by atoms with Crippen molar-refractivity contribution < 1.29 is 19.0 Å². The van der Waals surface area contributed by atoms with E-state index in [9.17, 15) is 4.79 Å². The number of pyridine rings is 1. The molecular formula is C29H43N3O4. The number of methoxy groups -OCH3 is 1. The number of hydrogen-bond acceptors (Lipinski definition) is 6. The summed E-state index contributed by atoms with van der Waals surface area (Å²) in [4.78, 5) is 20.6. The van der Waals surface area contributed by atoms with E-state index in [4.69, 9.17) is 19.2 Å². The smallest absolute Gasteiger partial charge is 0.270 e. The minimum absolute atomic E-state index is 0.116. The Kier molecular flexibility index (Phi) is 9.82. The highest BCUT2D eigenvalue weighted by Gasteiger charge is 2.25. The molecule has 2 heterocycles. The van der Waals surface area contributed by atoms with Crippen LogP contribution in [0.25, 0.3) is 10.9 Å². The summed E-state index contributed by atoms with van der Waals surface area (Å²) in [5, 5.41) is 4.09. The molecule has 1 amide bonds. The summed E-state index contributed by atoms with van der Waals surface area (Å²) in [5.41, 5.74) is 1.05. The van der Waals surface area contributed by atoms with Crippen LogP contribution in [0, 0.1) is 0 Å². The number of benzene rings is 1. The Morgan fingerprint density at radius 2 is 1.83 bits per heavy atom. The van der Waals surface area contributed by atoms with Crippen molar-refractivity contribution in [3.8, 4) is 11.5 Å². The molecule has 36 heavy (non-hydrogen) atoms. The normalized spacial score (nSPS) is 20.2. The van der Waals surface area contributed by atoms with Gasteiger partial charge in [0.15, 0.2) is 0 Å². The molecule has 2 fully saturated rings. The zero-order chi connectivity index (χ0) is 25.3. The first-order valence-electron chi connectivity index (χ1n) is 13.8. The van der Waals surface area contributed by atoms with Gasteiger partial charge in [-0.3, -0.25) is 9.69 Å². The summed E-state index contributed by atoms with van der Waals surface area (Å²) in [6, 6.07) is 8.28. The van der Waals surface area contributed by atoms with Crippen molar-refractivity contribution in [3.05, 3.63) is 30.0 Å². The predicted molar refractivity (Wildman–Crippen MR) is 143 cm³/mol. The molecule has 1 aliphatic carbocycles. The number of ether oxygens (including phenoxy) is 3. The van der Waals surface area contributed by atoms with Crippen molar-refractivity contribution in [1.82, 2.24) is 15.2 Å². The molecule has 1 N–H and O–H groups in total. The van der Waals surface area contributed by atoms with Gasteiger partial charge in [0.2, 0.25) is 0 Å². The van der Waals surface area contributed by atoms with Gasteiger partial charge in [-0.25, -0.2) is 4.98 Å². The van der Waals surface area contributed by atoms with Crippen molar-refractivity contribution in [2.24, 2.45) is 0 Å². The number of hydrogen-bond donors (Lipinski definition) is 1. The molecule has 1 aliphatic heterocycles. The highest BCUT2D eigenvalue weighted by molar-refractivity contribution is 5.98. The third-order valence-electron chi connectivity index (χ3n) is 7.41. The lowest BCUT2D eigenvalue weighted by Gasteiger charge is -2.35. The van der Waals surface area contributed by atoms with Crippen LogP contribution in [-0.2, 0) is 4.74 Å². The van der Waals surface area contributed by atoms with Crippen molar-refractivity contribution in [2.75, 3.05) is 33.4 Å². The van der Waals surface area contributed by atoms with Crippen LogP contribution in [0.4, 0.5) is 0 Å². The van der Waals surface area contributed by atoms with Gasteiger partial charge in [0, 0.05) is 37.2 Å². The molecule has 2 aromatic rings. The molecule has 7 heteroatoms. The summed E-state index contributed by atoms with van der Waals surface area (Å²) in [6.07, 6.45) is 10.6. The molecule has 198 valence electrons.